The number of carbonyl (C=O) groups is 1. The normalized spacial score (nSPS) is 19.2. The lowest BCUT2D eigenvalue weighted by atomic mass is 9.89. The highest BCUT2D eigenvalue weighted by Crippen LogP contribution is 2.25. The van der Waals surface area contributed by atoms with Gasteiger partial charge in [-0.1, -0.05) is 12.1 Å². The molecule has 1 aromatic carbocycles. The minimum absolute atomic E-state index is 0.387. The number of benzene rings is 1. The summed E-state index contributed by atoms with van der Waals surface area (Å²) >= 11 is 0. The monoisotopic (exact) mass is 372 g/mol. The first-order valence-electron chi connectivity index (χ1n) is 10.9. The van der Waals surface area contributed by atoms with Crippen LogP contribution in [0.1, 0.15) is 57.4 Å². The van der Waals surface area contributed by atoms with E-state index in [0.717, 1.165) is 75.9 Å². The molecule has 0 aromatic heterocycles. The van der Waals surface area contributed by atoms with Gasteiger partial charge < -0.3 is 15.0 Å². The van der Waals surface area contributed by atoms with Gasteiger partial charge in [0.05, 0.1) is 6.61 Å². The van der Waals surface area contributed by atoms with Gasteiger partial charge in [-0.3, -0.25) is 4.79 Å². The molecule has 0 atom stereocenters. The van der Waals surface area contributed by atoms with Gasteiger partial charge in [0.1, 0.15) is 5.75 Å². The summed E-state index contributed by atoms with van der Waals surface area (Å²) < 4.78 is 5.51. The van der Waals surface area contributed by atoms with Crippen LogP contribution >= 0.6 is 0 Å². The molecule has 0 spiro atoms. The van der Waals surface area contributed by atoms with E-state index in [4.69, 9.17) is 4.74 Å². The Morgan fingerprint density at radius 1 is 1.04 bits per heavy atom. The molecule has 0 saturated carbocycles. The van der Waals surface area contributed by atoms with Gasteiger partial charge in [0.15, 0.2) is 0 Å². The van der Waals surface area contributed by atoms with Crippen molar-refractivity contribution in [2.45, 2.75) is 58.3 Å². The Hall–Kier alpha value is -1.55. The van der Waals surface area contributed by atoms with Crippen molar-refractivity contribution in [3.05, 3.63) is 29.8 Å². The predicted molar refractivity (Wildman–Crippen MR) is 110 cm³/mol. The number of ether oxygens (including phenoxy) is 1. The van der Waals surface area contributed by atoms with E-state index in [1.165, 1.54) is 24.8 Å². The van der Waals surface area contributed by atoms with Crippen molar-refractivity contribution in [3.8, 4) is 5.75 Å². The number of likely N-dealkylation sites (tertiary alicyclic amines) is 1. The number of rotatable bonds is 8. The smallest absolute Gasteiger partial charge is 0.222 e. The first-order valence-corrected chi connectivity index (χ1v) is 10.9. The van der Waals surface area contributed by atoms with Gasteiger partial charge in [0.2, 0.25) is 5.91 Å². The summed E-state index contributed by atoms with van der Waals surface area (Å²) in [6, 6.07) is 8.51. The highest BCUT2D eigenvalue weighted by Gasteiger charge is 2.23. The Morgan fingerprint density at radius 2 is 1.70 bits per heavy atom. The Balaban J connectivity index is 1.32. The number of amides is 1. The van der Waals surface area contributed by atoms with Crippen LogP contribution in [0.5, 0.6) is 5.75 Å². The Morgan fingerprint density at radius 3 is 2.37 bits per heavy atom. The van der Waals surface area contributed by atoms with E-state index in [9.17, 15) is 4.79 Å². The molecular formula is C23H36N2O2. The first-order chi connectivity index (χ1) is 13.2. The third kappa shape index (κ3) is 6.53. The Labute approximate surface area is 164 Å². The van der Waals surface area contributed by atoms with Crippen LogP contribution in [0.4, 0.5) is 0 Å². The second kappa shape index (κ2) is 10.7. The quantitative estimate of drug-likeness (QED) is 0.749. The van der Waals surface area contributed by atoms with E-state index in [0.29, 0.717) is 12.5 Å². The van der Waals surface area contributed by atoms with Crippen molar-refractivity contribution in [2.24, 2.45) is 11.8 Å². The van der Waals surface area contributed by atoms with Crippen LogP contribution in [-0.4, -0.2) is 43.6 Å². The van der Waals surface area contributed by atoms with E-state index >= 15 is 0 Å². The lowest BCUT2D eigenvalue weighted by Crippen LogP contribution is -2.39. The topological polar surface area (TPSA) is 41.6 Å². The van der Waals surface area contributed by atoms with Crippen molar-refractivity contribution in [1.82, 2.24) is 10.2 Å². The molecule has 2 aliphatic rings. The van der Waals surface area contributed by atoms with Crippen molar-refractivity contribution < 1.29 is 9.53 Å². The standard InChI is InChI=1S/C23H36N2O2/c1-2-27-22-8-5-19(6-9-22)3-4-21-13-17-25(18-14-21)23(26)10-7-20-11-15-24-16-12-20/h5-6,8-9,20-21,24H,2-4,7,10-18H2,1H3. The SMILES string of the molecule is CCOc1ccc(CCC2CCN(C(=O)CCC3CCNCC3)CC2)cc1. The molecule has 1 N–H and O–H groups in total. The molecule has 0 bridgehead atoms. The molecule has 1 amide bonds. The molecule has 0 radical (unpaired) electrons. The lowest BCUT2D eigenvalue weighted by Gasteiger charge is -2.32. The van der Waals surface area contributed by atoms with E-state index in [1.807, 2.05) is 6.92 Å². The molecule has 2 saturated heterocycles. The van der Waals surface area contributed by atoms with Crippen LogP contribution in [0.2, 0.25) is 0 Å². The zero-order valence-corrected chi connectivity index (χ0v) is 16.9. The van der Waals surface area contributed by atoms with Crippen LogP contribution in [-0.2, 0) is 11.2 Å². The predicted octanol–water partition coefficient (Wildman–Crippen LogP) is 4.04. The van der Waals surface area contributed by atoms with E-state index in [-0.39, 0.29) is 0 Å². The van der Waals surface area contributed by atoms with Gasteiger partial charge in [0, 0.05) is 19.5 Å². The van der Waals surface area contributed by atoms with Crippen molar-refractivity contribution >= 4 is 5.91 Å². The number of nitrogens with one attached hydrogen (secondary N) is 1. The fourth-order valence-electron chi connectivity index (χ4n) is 4.42. The number of nitrogens with zero attached hydrogens (tertiary/aromatic N) is 1. The molecule has 1 aromatic rings. The Kier molecular flexibility index (Phi) is 8.00. The summed E-state index contributed by atoms with van der Waals surface area (Å²) in [7, 11) is 0. The second-order valence-electron chi connectivity index (χ2n) is 8.17. The maximum atomic E-state index is 12.5. The van der Waals surface area contributed by atoms with E-state index < -0.39 is 0 Å². The molecule has 4 nitrogen and oxygen atoms in total. The third-order valence-corrected chi connectivity index (χ3v) is 6.27. The molecule has 2 aliphatic heterocycles. The van der Waals surface area contributed by atoms with Crippen LogP contribution in [0, 0.1) is 11.8 Å². The third-order valence-electron chi connectivity index (χ3n) is 6.27. The summed E-state index contributed by atoms with van der Waals surface area (Å²) in [6.45, 7) is 6.89. The zero-order chi connectivity index (χ0) is 18.9. The maximum Gasteiger partial charge on any atom is 0.222 e. The van der Waals surface area contributed by atoms with Gasteiger partial charge in [-0.05, 0) is 94.5 Å². The number of hydrogen-bond acceptors (Lipinski definition) is 3. The highest BCUT2D eigenvalue weighted by molar-refractivity contribution is 5.76. The molecule has 27 heavy (non-hydrogen) atoms. The van der Waals surface area contributed by atoms with Gasteiger partial charge in [0.25, 0.3) is 0 Å². The van der Waals surface area contributed by atoms with Gasteiger partial charge in [-0.15, -0.1) is 0 Å². The summed E-state index contributed by atoms with van der Waals surface area (Å²) in [4.78, 5) is 14.6. The second-order valence-corrected chi connectivity index (χ2v) is 8.17. The van der Waals surface area contributed by atoms with Crippen molar-refractivity contribution in [1.29, 1.82) is 0 Å². The molecular weight excluding hydrogens is 336 g/mol. The van der Waals surface area contributed by atoms with Crippen LogP contribution in [0.25, 0.3) is 0 Å². The number of aryl methyl sites for hydroxylation is 1. The van der Waals surface area contributed by atoms with E-state index in [1.54, 1.807) is 0 Å². The average molecular weight is 373 g/mol. The summed E-state index contributed by atoms with van der Waals surface area (Å²) in [6.07, 6.45) is 8.99. The molecule has 0 aliphatic carbocycles. The first kappa shape index (κ1) is 20.2. The lowest BCUT2D eigenvalue weighted by molar-refractivity contribution is -0.133. The summed E-state index contributed by atoms with van der Waals surface area (Å²) in [5, 5.41) is 3.40. The molecule has 150 valence electrons. The Bertz CT molecular complexity index is 558. The number of hydrogen-bond donors (Lipinski definition) is 1. The molecule has 3 rings (SSSR count). The average Bonchev–Trinajstić information content (AvgIpc) is 2.73. The highest BCUT2D eigenvalue weighted by atomic mass is 16.5. The van der Waals surface area contributed by atoms with Gasteiger partial charge in [-0.2, -0.15) is 0 Å². The number of carbonyl (C=O) groups excluding carboxylic acids is 1. The van der Waals surface area contributed by atoms with Crippen molar-refractivity contribution in [2.75, 3.05) is 32.8 Å². The minimum atomic E-state index is 0.387. The molecule has 4 heteroatoms. The van der Waals surface area contributed by atoms with Crippen LogP contribution in [0.15, 0.2) is 24.3 Å². The van der Waals surface area contributed by atoms with Gasteiger partial charge >= 0.3 is 0 Å². The van der Waals surface area contributed by atoms with Crippen LogP contribution in [0.3, 0.4) is 0 Å². The van der Waals surface area contributed by atoms with Crippen molar-refractivity contribution in [3.63, 3.8) is 0 Å². The van der Waals surface area contributed by atoms with Crippen LogP contribution < -0.4 is 10.1 Å². The zero-order valence-electron chi connectivity index (χ0n) is 16.9. The molecule has 2 fully saturated rings. The summed E-state index contributed by atoms with van der Waals surface area (Å²) in [5.74, 6) is 2.85. The fraction of sp³-hybridized carbons (Fsp3) is 0.696. The summed E-state index contributed by atoms with van der Waals surface area (Å²) in [5.41, 5.74) is 1.39. The molecule has 2 heterocycles. The largest absolute Gasteiger partial charge is 0.494 e. The maximum absolute atomic E-state index is 12.5. The van der Waals surface area contributed by atoms with Gasteiger partial charge in [-0.25, -0.2) is 0 Å². The van der Waals surface area contributed by atoms with E-state index in [2.05, 4.69) is 34.5 Å². The molecule has 0 unspecified atom stereocenters. The number of piperidine rings is 2. The fourth-order valence-corrected chi connectivity index (χ4v) is 4.42. The minimum Gasteiger partial charge on any atom is -0.494 e.